The van der Waals surface area contributed by atoms with Crippen LogP contribution in [0.1, 0.15) is 30.0 Å². The number of benzene rings is 1. The van der Waals surface area contributed by atoms with E-state index < -0.39 is 5.60 Å². The van der Waals surface area contributed by atoms with E-state index in [-0.39, 0.29) is 5.91 Å². The van der Waals surface area contributed by atoms with E-state index in [1.54, 1.807) is 19.0 Å². The number of nitrogens with zero attached hydrogens (tertiary/aromatic N) is 6. The third-order valence-electron chi connectivity index (χ3n) is 6.00. The molecular weight excluding hydrogens is 408 g/mol. The van der Waals surface area contributed by atoms with Crippen molar-refractivity contribution in [3.63, 3.8) is 0 Å². The zero-order valence-electron chi connectivity index (χ0n) is 19.0. The van der Waals surface area contributed by atoms with E-state index in [0.29, 0.717) is 37.8 Å². The maximum atomic E-state index is 12.3. The molecule has 0 aliphatic carbocycles. The number of carbonyl (C=O) groups excluding carboxylic acids is 1. The highest BCUT2D eigenvalue weighted by Crippen LogP contribution is 2.35. The van der Waals surface area contributed by atoms with Crippen molar-refractivity contribution in [3.05, 3.63) is 35.7 Å². The average Bonchev–Trinajstić information content (AvgIpc) is 3.19. The Balaban J connectivity index is 1.66. The van der Waals surface area contributed by atoms with Crippen molar-refractivity contribution >= 4 is 22.9 Å². The number of anilines is 1. The number of morpholine rings is 1. The zero-order chi connectivity index (χ0) is 22.5. The Morgan fingerprint density at radius 1 is 1.00 bits per heavy atom. The lowest BCUT2D eigenvalue weighted by atomic mass is 10.1. The first-order chi connectivity index (χ1) is 15.3. The van der Waals surface area contributed by atoms with Gasteiger partial charge in [0.1, 0.15) is 11.4 Å². The van der Waals surface area contributed by atoms with Gasteiger partial charge in [-0.2, -0.15) is 0 Å². The first kappa shape index (κ1) is 20.8. The van der Waals surface area contributed by atoms with E-state index in [1.807, 2.05) is 38.1 Å². The topological polar surface area (TPSA) is 85.6 Å². The van der Waals surface area contributed by atoms with Gasteiger partial charge < -0.3 is 23.8 Å². The second-order valence-electron chi connectivity index (χ2n) is 8.87. The van der Waals surface area contributed by atoms with Crippen LogP contribution in [-0.4, -0.2) is 77.3 Å². The minimum Gasteiger partial charge on any atom is -0.378 e. The molecule has 0 N–H and O–H groups in total. The van der Waals surface area contributed by atoms with Crippen molar-refractivity contribution in [2.75, 3.05) is 51.9 Å². The number of amides is 1. The lowest BCUT2D eigenvalue weighted by molar-refractivity contribution is -0.0530. The number of aromatic nitrogens is 4. The summed E-state index contributed by atoms with van der Waals surface area (Å²) >= 11 is 0. The number of ether oxygens (including phenoxy) is 2. The van der Waals surface area contributed by atoms with Gasteiger partial charge in [0.2, 0.25) is 0 Å². The molecule has 0 spiro atoms. The van der Waals surface area contributed by atoms with Crippen LogP contribution in [0.25, 0.3) is 22.6 Å². The van der Waals surface area contributed by atoms with Gasteiger partial charge in [-0.15, -0.1) is 0 Å². The highest BCUT2D eigenvalue weighted by molar-refractivity contribution is 5.94. The fraction of sp³-hybridized carbons (Fsp3) is 0.478. The summed E-state index contributed by atoms with van der Waals surface area (Å²) in [6.07, 6.45) is 0. The number of imidazole rings is 1. The van der Waals surface area contributed by atoms with Crippen LogP contribution in [0.4, 0.5) is 5.82 Å². The fourth-order valence-corrected chi connectivity index (χ4v) is 4.26. The Bertz CT molecular complexity index is 1160. The average molecular weight is 437 g/mol. The van der Waals surface area contributed by atoms with E-state index >= 15 is 0 Å². The first-order valence-electron chi connectivity index (χ1n) is 10.9. The molecule has 2 aliphatic heterocycles. The molecule has 1 fully saturated rings. The van der Waals surface area contributed by atoms with E-state index in [1.165, 1.54) is 0 Å². The molecule has 168 valence electrons. The fourth-order valence-electron chi connectivity index (χ4n) is 4.26. The van der Waals surface area contributed by atoms with Crippen LogP contribution in [-0.2, 0) is 21.6 Å². The van der Waals surface area contributed by atoms with Crippen LogP contribution in [0.15, 0.2) is 24.3 Å². The van der Waals surface area contributed by atoms with Gasteiger partial charge in [0.25, 0.3) is 5.91 Å². The third-order valence-corrected chi connectivity index (χ3v) is 6.00. The van der Waals surface area contributed by atoms with Crippen LogP contribution in [0.5, 0.6) is 0 Å². The predicted octanol–water partition coefficient (Wildman–Crippen LogP) is 2.30. The first-order valence-corrected chi connectivity index (χ1v) is 10.9. The molecule has 2 aromatic heterocycles. The summed E-state index contributed by atoms with van der Waals surface area (Å²) in [4.78, 5) is 30.9. The minimum absolute atomic E-state index is 0.0333. The minimum atomic E-state index is -0.490. The number of hydrogen-bond donors (Lipinski definition) is 0. The molecule has 0 radical (unpaired) electrons. The number of hydrogen-bond acceptors (Lipinski definition) is 7. The van der Waals surface area contributed by atoms with Crippen LogP contribution in [0.2, 0.25) is 0 Å². The lowest BCUT2D eigenvalue weighted by Crippen LogP contribution is -2.37. The maximum absolute atomic E-state index is 12.3. The van der Waals surface area contributed by atoms with Crippen molar-refractivity contribution in [2.24, 2.45) is 0 Å². The van der Waals surface area contributed by atoms with Crippen molar-refractivity contribution in [3.8, 4) is 11.4 Å². The zero-order valence-corrected chi connectivity index (χ0v) is 19.0. The Kier molecular flexibility index (Phi) is 5.10. The van der Waals surface area contributed by atoms with Crippen molar-refractivity contribution in [1.82, 2.24) is 24.4 Å². The van der Waals surface area contributed by atoms with E-state index in [0.717, 1.165) is 41.5 Å². The molecule has 0 bridgehead atoms. The molecule has 1 saturated heterocycles. The van der Waals surface area contributed by atoms with Gasteiger partial charge in [-0.05, 0) is 26.0 Å². The Labute approximate surface area is 187 Å². The number of carbonyl (C=O) groups is 1. The largest absolute Gasteiger partial charge is 0.378 e. The third kappa shape index (κ3) is 3.51. The SMILES string of the molecule is CN(C)C(=O)c1ccc(-c2nc(N3CCOCC3)c3nc4n(c3n2)CCOC4(C)C)cc1. The molecule has 2 aliphatic rings. The molecule has 9 heteroatoms. The second-order valence-corrected chi connectivity index (χ2v) is 8.87. The standard InChI is InChI=1S/C23H28N6O3/c1-23(2)22-24-17-19(28-9-12-31-13-10-28)25-18(26-20(17)29(22)11-14-32-23)15-5-7-16(8-6-15)21(30)27(3)4/h5-8H,9-14H2,1-4H3. The lowest BCUT2D eigenvalue weighted by Gasteiger charge is -2.30. The monoisotopic (exact) mass is 436 g/mol. The summed E-state index contributed by atoms with van der Waals surface area (Å²) in [5.74, 6) is 2.27. The van der Waals surface area contributed by atoms with Crippen LogP contribution >= 0.6 is 0 Å². The summed E-state index contributed by atoms with van der Waals surface area (Å²) < 4.78 is 13.7. The Morgan fingerprint density at radius 3 is 2.41 bits per heavy atom. The molecule has 9 nitrogen and oxygen atoms in total. The molecule has 3 aromatic rings. The molecule has 0 unspecified atom stereocenters. The maximum Gasteiger partial charge on any atom is 0.253 e. The second kappa shape index (κ2) is 7.83. The summed E-state index contributed by atoms with van der Waals surface area (Å²) in [6.45, 7) is 8.20. The van der Waals surface area contributed by atoms with Crippen LogP contribution in [0, 0.1) is 0 Å². The summed E-state index contributed by atoms with van der Waals surface area (Å²) in [6, 6.07) is 7.45. The van der Waals surface area contributed by atoms with E-state index in [9.17, 15) is 4.79 Å². The molecule has 32 heavy (non-hydrogen) atoms. The van der Waals surface area contributed by atoms with Gasteiger partial charge in [-0.3, -0.25) is 4.79 Å². The van der Waals surface area contributed by atoms with Crippen molar-refractivity contribution < 1.29 is 14.3 Å². The summed E-state index contributed by atoms with van der Waals surface area (Å²) in [5.41, 5.74) is 2.61. The van der Waals surface area contributed by atoms with Gasteiger partial charge >= 0.3 is 0 Å². The van der Waals surface area contributed by atoms with Gasteiger partial charge in [0.05, 0.1) is 19.8 Å². The quantitative estimate of drug-likeness (QED) is 0.623. The molecule has 1 amide bonds. The van der Waals surface area contributed by atoms with E-state index in [4.69, 9.17) is 24.4 Å². The Hall–Kier alpha value is -3.04. The molecule has 4 heterocycles. The molecule has 0 saturated carbocycles. The highest BCUT2D eigenvalue weighted by atomic mass is 16.5. The van der Waals surface area contributed by atoms with Crippen LogP contribution < -0.4 is 4.90 Å². The smallest absolute Gasteiger partial charge is 0.253 e. The normalized spacial score (nSPS) is 17.9. The van der Waals surface area contributed by atoms with Gasteiger partial charge in [-0.1, -0.05) is 12.1 Å². The van der Waals surface area contributed by atoms with Gasteiger partial charge in [-0.25, -0.2) is 15.0 Å². The molecule has 0 atom stereocenters. The van der Waals surface area contributed by atoms with Crippen molar-refractivity contribution in [2.45, 2.75) is 26.0 Å². The number of fused-ring (bicyclic) bond motifs is 3. The number of rotatable bonds is 3. The van der Waals surface area contributed by atoms with Gasteiger partial charge in [0.15, 0.2) is 22.8 Å². The predicted molar refractivity (Wildman–Crippen MR) is 121 cm³/mol. The Morgan fingerprint density at radius 2 is 1.72 bits per heavy atom. The van der Waals surface area contributed by atoms with E-state index in [2.05, 4.69) is 9.47 Å². The molecule has 5 rings (SSSR count). The summed E-state index contributed by atoms with van der Waals surface area (Å²) in [5, 5.41) is 0. The molecule has 1 aromatic carbocycles. The van der Waals surface area contributed by atoms with Gasteiger partial charge in [0, 0.05) is 44.9 Å². The summed E-state index contributed by atoms with van der Waals surface area (Å²) in [7, 11) is 3.49. The highest BCUT2D eigenvalue weighted by Gasteiger charge is 2.34. The van der Waals surface area contributed by atoms with Crippen molar-refractivity contribution in [1.29, 1.82) is 0 Å². The van der Waals surface area contributed by atoms with Crippen LogP contribution in [0.3, 0.4) is 0 Å². The molecular formula is C23H28N6O3.